The molecule has 0 radical (unpaired) electrons. The maximum atomic E-state index is 12.9. The normalized spacial score (nSPS) is 14.0. The fourth-order valence-electron chi connectivity index (χ4n) is 6.26. The number of piperazine rings is 1. The molecule has 1 N–H and O–H groups in total. The van der Waals surface area contributed by atoms with Gasteiger partial charge in [0.25, 0.3) is 5.91 Å². The van der Waals surface area contributed by atoms with E-state index < -0.39 is 0 Å². The first-order chi connectivity index (χ1) is 23.2. The molecule has 1 amide bonds. The molecule has 1 atom stereocenters. The van der Waals surface area contributed by atoms with Gasteiger partial charge in [-0.2, -0.15) is 0 Å². The lowest BCUT2D eigenvalue weighted by atomic mass is 9.96. The fourth-order valence-corrected chi connectivity index (χ4v) is 6.26. The Morgan fingerprint density at radius 2 is 1.58 bits per heavy atom. The van der Waals surface area contributed by atoms with Crippen LogP contribution in [0.15, 0.2) is 110 Å². The number of phenols is 1. The molecule has 0 saturated carbocycles. The molecular formula is C40H40N4O4. The number of aromatic nitrogens is 1. The molecule has 48 heavy (non-hydrogen) atoms. The van der Waals surface area contributed by atoms with E-state index in [-0.39, 0.29) is 35.8 Å². The van der Waals surface area contributed by atoms with Gasteiger partial charge in [0.1, 0.15) is 12.4 Å². The maximum Gasteiger partial charge on any atom is 0.338 e. The average molecular weight is 641 g/mol. The summed E-state index contributed by atoms with van der Waals surface area (Å²) in [5.74, 6) is -0.617. The highest BCUT2D eigenvalue weighted by Gasteiger charge is 2.23. The third-order valence-corrected chi connectivity index (χ3v) is 9.08. The number of fused-ring (bicyclic) bond motifs is 1. The highest BCUT2D eigenvalue weighted by Crippen LogP contribution is 2.37. The lowest BCUT2D eigenvalue weighted by Crippen LogP contribution is -2.47. The number of esters is 1. The number of rotatable bonds is 9. The first-order valence-electron chi connectivity index (χ1n) is 16.2. The molecule has 0 aliphatic carbocycles. The number of hydrogen-bond acceptors (Lipinski definition) is 7. The second-order valence-electron chi connectivity index (χ2n) is 12.3. The predicted octanol–water partition coefficient (Wildman–Crippen LogP) is 7.20. The molecule has 1 aliphatic rings. The summed E-state index contributed by atoms with van der Waals surface area (Å²) in [6.07, 6.45) is 3.42. The van der Waals surface area contributed by atoms with Crippen LogP contribution in [0.3, 0.4) is 0 Å². The van der Waals surface area contributed by atoms with E-state index in [0.29, 0.717) is 10.9 Å². The van der Waals surface area contributed by atoms with Gasteiger partial charge in [-0.3, -0.25) is 14.7 Å². The van der Waals surface area contributed by atoms with Gasteiger partial charge in [-0.25, -0.2) is 4.79 Å². The largest absolute Gasteiger partial charge is 0.506 e. The van der Waals surface area contributed by atoms with Crippen molar-refractivity contribution in [3.05, 3.63) is 127 Å². The molecule has 2 heterocycles. The molecule has 6 rings (SSSR count). The lowest BCUT2D eigenvalue weighted by Gasteiger charge is -2.39. The molecule has 1 fully saturated rings. The molecule has 0 spiro atoms. The smallest absolute Gasteiger partial charge is 0.338 e. The van der Waals surface area contributed by atoms with Gasteiger partial charge in [-0.05, 0) is 59.8 Å². The van der Waals surface area contributed by atoms with Gasteiger partial charge in [0, 0.05) is 74.7 Å². The second kappa shape index (κ2) is 14.1. The maximum absolute atomic E-state index is 12.9. The molecule has 1 aromatic heterocycles. The molecule has 1 unspecified atom stereocenters. The Labute approximate surface area is 281 Å². The van der Waals surface area contributed by atoms with E-state index in [2.05, 4.69) is 47.6 Å². The van der Waals surface area contributed by atoms with E-state index >= 15 is 0 Å². The number of ether oxygens (including phenoxy) is 1. The van der Waals surface area contributed by atoms with Crippen LogP contribution in [-0.2, 0) is 4.74 Å². The molecule has 8 nitrogen and oxygen atoms in total. The van der Waals surface area contributed by atoms with Crippen molar-refractivity contribution in [1.82, 2.24) is 14.8 Å². The number of anilines is 1. The number of amides is 1. The van der Waals surface area contributed by atoms with Crippen molar-refractivity contribution in [2.45, 2.75) is 13.0 Å². The molecule has 1 aliphatic heterocycles. The Bertz CT molecular complexity index is 1930. The third-order valence-electron chi connectivity index (χ3n) is 9.08. The predicted molar refractivity (Wildman–Crippen MR) is 191 cm³/mol. The van der Waals surface area contributed by atoms with E-state index in [0.717, 1.165) is 59.6 Å². The highest BCUT2D eigenvalue weighted by molar-refractivity contribution is 6.08. The quantitative estimate of drug-likeness (QED) is 0.135. The van der Waals surface area contributed by atoms with E-state index in [9.17, 15) is 14.7 Å². The van der Waals surface area contributed by atoms with Crippen LogP contribution in [0.5, 0.6) is 5.75 Å². The van der Waals surface area contributed by atoms with Crippen LogP contribution in [0.25, 0.3) is 33.2 Å². The molecular weight excluding hydrogens is 600 g/mol. The Hall–Kier alpha value is -5.47. The number of carbonyl (C=O) groups excluding carboxylic acids is 2. The van der Waals surface area contributed by atoms with Crippen molar-refractivity contribution in [1.29, 1.82) is 0 Å². The number of hydrogen-bond donors (Lipinski definition) is 1. The number of phenolic OH excluding ortho intramolecular Hbond substituents is 1. The van der Waals surface area contributed by atoms with Crippen molar-refractivity contribution in [3.63, 3.8) is 0 Å². The number of nitrogens with zero attached hydrogens (tertiary/aromatic N) is 4. The Kier molecular flexibility index (Phi) is 9.55. The van der Waals surface area contributed by atoms with Crippen molar-refractivity contribution in [2.24, 2.45) is 0 Å². The van der Waals surface area contributed by atoms with Gasteiger partial charge < -0.3 is 19.6 Å². The molecule has 0 bridgehead atoms. The highest BCUT2D eigenvalue weighted by atomic mass is 16.5. The van der Waals surface area contributed by atoms with E-state index in [1.54, 1.807) is 26.2 Å². The van der Waals surface area contributed by atoms with Gasteiger partial charge in [-0.1, -0.05) is 67.3 Å². The molecule has 8 heteroatoms. The first kappa shape index (κ1) is 32.5. The van der Waals surface area contributed by atoms with E-state index in [1.165, 1.54) is 10.5 Å². The SMILES string of the molecule is C=CCOC(=O)c1ccc(N2CCN(C(C)c3ccc(-c4ccc(-c5cc(C(=O)N(C)C)c(O)c6ccccc56)nc4)cc3)CC2)cc1. The zero-order valence-corrected chi connectivity index (χ0v) is 27.6. The zero-order chi connectivity index (χ0) is 33.8. The summed E-state index contributed by atoms with van der Waals surface area (Å²) in [5, 5.41) is 12.3. The summed E-state index contributed by atoms with van der Waals surface area (Å²) >= 11 is 0. The van der Waals surface area contributed by atoms with Crippen LogP contribution < -0.4 is 4.90 Å². The minimum absolute atomic E-state index is 0.0177. The lowest BCUT2D eigenvalue weighted by molar-refractivity contribution is 0.0549. The number of carbonyl (C=O) groups is 2. The van der Waals surface area contributed by atoms with E-state index in [1.807, 2.05) is 66.9 Å². The van der Waals surface area contributed by atoms with Crippen LogP contribution in [-0.4, -0.2) is 78.6 Å². The van der Waals surface area contributed by atoms with E-state index in [4.69, 9.17) is 9.72 Å². The molecule has 4 aromatic carbocycles. The van der Waals surface area contributed by atoms with Crippen LogP contribution >= 0.6 is 0 Å². The van der Waals surface area contributed by atoms with Crippen molar-refractivity contribution >= 4 is 28.3 Å². The van der Waals surface area contributed by atoms with Crippen LogP contribution in [0.4, 0.5) is 5.69 Å². The number of benzene rings is 4. The summed E-state index contributed by atoms with van der Waals surface area (Å²) in [5.41, 5.74) is 6.76. The monoisotopic (exact) mass is 640 g/mol. The van der Waals surface area contributed by atoms with Gasteiger partial charge in [0.2, 0.25) is 0 Å². The van der Waals surface area contributed by atoms with Crippen LogP contribution in [0.2, 0.25) is 0 Å². The zero-order valence-electron chi connectivity index (χ0n) is 27.6. The molecule has 5 aromatic rings. The number of aromatic hydroxyl groups is 1. The van der Waals surface area contributed by atoms with Crippen LogP contribution in [0.1, 0.15) is 39.2 Å². The summed E-state index contributed by atoms with van der Waals surface area (Å²) in [6.45, 7) is 9.72. The summed E-state index contributed by atoms with van der Waals surface area (Å²) < 4.78 is 5.13. The molecule has 1 saturated heterocycles. The van der Waals surface area contributed by atoms with Gasteiger partial charge in [0.05, 0.1) is 16.8 Å². The second-order valence-corrected chi connectivity index (χ2v) is 12.3. The average Bonchev–Trinajstić information content (AvgIpc) is 3.14. The van der Waals surface area contributed by atoms with Crippen molar-refractivity contribution < 1.29 is 19.4 Å². The van der Waals surface area contributed by atoms with Crippen LogP contribution in [0, 0.1) is 0 Å². The third kappa shape index (κ3) is 6.66. The topological polar surface area (TPSA) is 86.2 Å². The first-order valence-corrected chi connectivity index (χ1v) is 16.2. The molecule has 244 valence electrons. The Morgan fingerprint density at radius 1 is 0.917 bits per heavy atom. The summed E-state index contributed by atoms with van der Waals surface area (Å²) in [7, 11) is 3.34. The van der Waals surface area contributed by atoms with Crippen molar-refractivity contribution in [3.8, 4) is 28.1 Å². The standard InChI is InChI=1S/C40H40N4O4/c1-5-24-48-40(47)30-14-17-32(18-15-30)44-22-20-43(21-23-44)27(2)28-10-12-29(13-11-28)31-16-19-37(41-26-31)35-25-36(39(46)42(3)4)38(45)34-9-7-6-8-33(34)35/h5-19,25-27,45H,1,20-24H2,2-4H3. The van der Waals surface area contributed by atoms with Gasteiger partial charge in [-0.15, -0.1) is 0 Å². The fraction of sp³-hybridized carbons (Fsp3) is 0.225. The minimum atomic E-state index is -0.338. The Balaban J connectivity index is 1.12. The van der Waals surface area contributed by atoms with Gasteiger partial charge >= 0.3 is 5.97 Å². The van der Waals surface area contributed by atoms with Crippen molar-refractivity contribution in [2.75, 3.05) is 51.8 Å². The summed E-state index contributed by atoms with van der Waals surface area (Å²) in [6, 6.07) is 29.8. The number of pyridine rings is 1. The minimum Gasteiger partial charge on any atom is -0.506 e. The summed E-state index contributed by atoms with van der Waals surface area (Å²) in [4.78, 5) is 36.1. The van der Waals surface area contributed by atoms with Gasteiger partial charge in [0.15, 0.2) is 0 Å². The Morgan fingerprint density at radius 3 is 2.21 bits per heavy atom.